The van der Waals surface area contributed by atoms with E-state index in [1.54, 1.807) is 7.11 Å². The first-order valence-electron chi connectivity index (χ1n) is 4.86. The maximum Gasteiger partial charge on any atom is 0.118 e. The summed E-state index contributed by atoms with van der Waals surface area (Å²) >= 11 is 2.03. The van der Waals surface area contributed by atoms with Gasteiger partial charge in [-0.3, -0.25) is 0 Å². The van der Waals surface area contributed by atoms with Crippen LogP contribution in [-0.4, -0.2) is 26.0 Å². The fourth-order valence-corrected chi connectivity index (χ4v) is 2.73. The molecule has 1 atom stereocenters. The monoisotopic (exact) mass is 245 g/mol. The molecule has 1 fully saturated rings. The molecule has 0 aliphatic carbocycles. The van der Waals surface area contributed by atoms with Crippen LogP contribution in [0.5, 0.6) is 5.75 Å². The van der Waals surface area contributed by atoms with Crippen LogP contribution >= 0.6 is 24.2 Å². The molecule has 1 aliphatic heterocycles. The lowest BCUT2D eigenvalue weighted by Gasteiger charge is -2.22. The molecule has 0 aromatic heterocycles. The zero-order valence-electron chi connectivity index (χ0n) is 8.73. The zero-order valence-corrected chi connectivity index (χ0v) is 10.4. The summed E-state index contributed by atoms with van der Waals surface area (Å²) in [5, 5.41) is 4.02. The van der Waals surface area contributed by atoms with E-state index in [9.17, 15) is 0 Å². The molecular weight excluding hydrogens is 230 g/mol. The van der Waals surface area contributed by atoms with Crippen molar-refractivity contribution in [3.8, 4) is 5.75 Å². The molecule has 1 heterocycles. The molecule has 0 amide bonds. The van der Waals surface area contributed by atoms with E-state index in [1.807, 2.05) is 23.9 Å². The molecule has 4 heteroatoms. The summed E-state index contributed by atoms with van der Waals surface area (Å²) in [5.41, 5.74) is 1.39. The molecule has 84 valence electrons. The minimum atomic E-state index is 0. The van der Waals surface area contributed by atoms with Crippen LogP contribution in [0.25, 0.3) is 0 Å². The van der Waals surface area contributed by atoms with Gasteiger partial charge in [-0.15, -0.1) is 12.4 Å². The van der Waals surface area contributed by atoms with Crippen LogP contribution < -0.4 is 10.1 Å². The molecule has 0 radical (unpaired) electrons. The van der Waals surface area contributed by atoms with Crippen LogP contribution in [0, 0.1) is 0 Å². The van der Waals surface area contributed by atoms with Crippen LogP contribution in [0.15, 0.2) is 24.3 Å². The van der Waals surface area contributed by atoms with Gasteiger partial charge in [0.25, 0.3) is 0 Å². The highest BCUT2D eigenvalue weighted by molar-refractivity contribution is 7.99. The Hall–Kier alpha value is -0.380. The number of halogens is 1. The van der Waals surface area contributed by atoms with Crippen molar-refractivity contribution in [1.82, 2.24) is 5.32 Å². The molecule has 0 spiro atoms. The molecule has 1 aliphatic rings. The van der Waals surface area contributed by atoms with E-state index in [4.69, 9.17) is 4.74 Å². The number of methoxy groups -OCH3 is 1. The predicted molar refractivity (Wildman–Crippen MR) is 68.3 cm³/mol. The number of rotatable bonds is 2. The summed E-state index contributed by atoms with van der Waals surface area (Å²) in [4.78, 5) is 0. The predicted octanol–water partition coefficient (Wildman–Crippen LogP) is 2.49. The van der Waals surface area contributed by atoms with Crippen LogP contribution in [0.4, 0.5) is 0 Å². The Labute approximate surface area is 101 Å². The highest BCUT2D eigenvalue weighted by Gasteiger charge is 2.14. The number of benzene rings is 1. The maximum absolute atomic E-state index is 5.13. The Kier molecular flexibility index (Phi) is 5.29. The number of hydrogen-bond donors (Lipinski definition) is 1. The lowest BCUT2D eigenvalue weighted by molar-refractivity contribution is 0.414. The van der Waals surface area contributed by atoms with Crippen LogP contribution in [0.2, 0.25) is 0 Å². The van der Waals surface area contributed by atoms with Crippen LogP contribution in [0.3, 0.4) is 0 Å². The average Bonchev–Trinajstić information content (AvgIpc) is 2.30. The first-order chi connectivity index (χ1) is 6.90. The molecule has 1 aromatic rings. The molecule has 2 rings (SSSR count). The van der Waals surface area contributed by atoms with Gasteiger partial charge in [-0.1, -0.05) is 12.1 Å². The normalized spacial score (nSPS) is 20.5. The van der Waals surface area contributed by atoms with Gasteiger partial charge in [0.1, 0.15) is 5.75 Å². The summed E-state index contributed by atoms with van der Waals surface area (Å²) in [6.07, 6.45) is 0. The number of hydrogen-bond acceptors (Lipinski definition) is 3. The molecule has 0 saturated carbocycles. The first-order valence-corrected chi connectivity index (χ1v) is 5.91. The lowest BCUT2D eigenvalue weighted by atomic mass is 10.1. The third-order valence-corrected chi connectivity index (χ3v) is 3.70. The van der Waals surface area contributed by atoms with Crippen molar-refractivity contribution in [3.05, 3.63) is 29.8 Å². The van der Waals surface area contributed by atoms with Crippen molar-refractivity contribution in [3.63, 3.8) is 0 Å². The molecular formula is C11H16ClNOS. The minimum absolute atomic E-state index is 0. The summed E-state index contributed by atoms with van der Waals surface area (Å²) in [6, 6.07) is 8.38. The summed E-state index contributed by atoms with van der Waals surface area (Å²) < 4.78 is 5.13. The molecule has 0 bridgehead atoms. The van der Waals surface area contributed by atoms with Crippen LogP contribution in [0.1, 0.15) is 10.8 Å². The number of nitrogens with one attached hydrogen (secondary N) is 1. The average molecular weight is 246 g/mol. The summed E-state index contributed by atoms with van der Waals surface area (Å²) in [5.74, 6) is 2.14. The second kappa shape index (κ2) is 6.26. The third-order valence-electron chi connectivity index (χ3n) is 2.42. The molecule has 1 N–H and O–H groups in total. The van der Waals surface area contributed by atoms with E-state index >= 15 is 0 Å². The second-order valence-electron chi connectivity index (χ2n) is 3.34. The van der Waals surface area contributed by atoms with Gasteiger partial charge in [-0.05, 0) is 17.7 Å². The van der Waals surface area contributed by atoms with Gasteiger partial charge >= 0.3 is 0 Å². The van der Waals surface area contributed by atoms with Gasteiger partial charge in [0.2, 0.25) is 0 Å². The van der Waals surface area contributed by atoms with Gasteiger partial charge in [-0.25, -0.2) is 0 Å². The zero-order chi connectivity index (χ0) is 9.80. The maximum atomic E-state index is 5.13. The minimum Gasteiger partial charge on any atom is -0.497 e. The fourth-order valence-electron chi connectivity index (χ4n) is 1.60. The SMILES string of the molecule is COc1ccc(C2CNCCS2)cc1.Cl. The number of thioether (sulfide) groups is 1. The highest BCUT2D eigenvalue weighted by atomic mass is 35.5. The van der Waals surface area contributed by atoms with E-state index in [-0.39, 0.29) is 12.4 Å². The largest absolute Gasteiger partial charge is 0.497 e. The fraction of sp³-hybridized carbons (Fsp3) is 0.455. The Morgan fingerprint density at radius 2 is 2.07 bits per heavy atom. The van der Waals surface area contributed by atoms with E-state index in [0.29, 0.717) is 5.25 Å². The summed E-state index contributed by atoms with van der Waals surface area (Å²) in [6.45, 7) is 2.22. The smallest absolute Gasteiger partial charge is 0.118 e. The van der Waals surface area contributed by atoms with Crippen molar-refractivity contribution < 1.29 is 4.74 Å². The van der Waals surface area contributed by atoms with Crippen molar-refractivity contribution in [2.45, 2.75) is 5.25 Å². The summed E-state index contributed by atoms with van der Waals surface area (Å²) in [7, 11) is 1.70. The van der Waals surface area contributed by atoms with Gasteiger partial charge in [-0.2, -0.15) is 11.8 Å². The molecule has 1 unspecified atom stereocenters. The van der Waals surface area contributed by atoms with Crippen molar-refractivity contribution in [1.29, 1.82) is 0 Å². The van der Waals surface area contributed by atoms with Gasteiger partial charge < -0.3 is 10.1 Å². The van der Waals surface area contributed by atoms with E-state index in [2.05, 4.69) is 17.4 Å². The van der Waals surface area contributed by atoms with E-state index in [0.717, 1.165) is 18.8 Å². The Morgan fingerprint density at radius 3 is 2.60 bits per heavy atom. The van der Waals surface area contributed by atoms with Gasteiger partial charge in [0.05, 0.1) is 7.11 Å². The standard InChI is InChI=1S/C11H15NOS.ClH/c1-13-10-4-2-9(3-5-10)11-8-12-6-7-14-11;/h2-5,11-12H,6-8H2,1H3;1H. The van der Waals surface area contributed by atoms with Crippen molar-refractivity contribution in [2.75, 3.05) is 26.0 Å². The molecule has 2 nitrogen and oxygen atoms in total. The second-order valence-corrected chi connectivity index (χ2v) is 4.65. The van der Waals surface area contributed by atoms with E-state index in [1.165, 1.54) is 11.3 Å². The quantitative estimate of drug-likeness (QED) is 0.865. The Bertz CT molecular complexity index is 285. The van der Waals surface area contributed by atoms with E-state index < -0.39 is 0 Å². The topological polar surface area (TPSA) is 21.3 Å². The molecule has 15 heavy (non-hydrogen) atoms. The molecule has 1 saturated heterocycles. The Balaban J connectivity index is 0.00000112. The highest BCUT2D eigenvalue weighted by Crippen LogP contribution is 2.30. The Morgan fingerprint density at radius 1 is 1.33 bits per heavy atom. The van der Waals surface area contributed by atoms with Gasteiger partial charge in [0, 0.05) is 24.1 Å². The van der Waals surface area contributed by atoms with Gasteiger partial charge in [0.15, 0.2) is 0 Å². The first kappa shape index (κ1) is 12.7. The van der Waals surface area contributed by atoms with Crippen molar-refractivity contribution in [2.24, 2.45) is 0 Å². The third kappa shape index (κ3) is 3.30. The van der Waals surface area contributed by atoms with Crippen molar-refractivity contribution >= 4 is 24.2 Å². The number of ether oxygens (including phenoxy) is 1. The lowest BCUT2D eigenvalue weighted by Crippen LogP contribution is -2.27. The van der Waals surface area contributed by atoms with Crippen LogP contribution in [-0.2, 0) is 0 Å². The molecule has 1 aromatic carbocycles.